The van der Waals surface area contributed by atoms with E-state index in [0.29, 0.717) is 11.3 Å². The summed E-state index contributed by atoms with van der Waals surface area (Å²) in [7, 11) is 1.81. The van der Waals surface area contributed by atoms with Crippen molar-refractivity contribution in [2.24, 2.45) is 7.05 Å². The first-order valence-corrected chi connectivity index (χ1v) is 3.91. The van der Waals surface area contributed by atoms with E-state index in [4.69, 9.17) is 5.73 Å². The van der Waals surface area contributed by atoms with Gasteiger partial charge in [0.15, 0.2) is 5.82 Å². The van der Waals surface area contributed by atoms with Crippen LogP contribution < -0.4 is 11.3 Å². The quantitative estimate of drug-likeness (QED) is 0.603. The molecule has 2 aromatic heterocycles. The zero-order valence-electron chi connectivity index (χ0n) is 7.46. The molecule has 0 aliphatic carbocycles. The van der Waals surface area contributed by atoms with E-state index in [9.17, 15) is 4.79 Å². The van der Waals surface area contributed by atoms with Crippen molar-refractivity contribution in [2.75, 3.05) is 5.73 Å². The number of hydrogen-bond donors (Lipinski definition) is 2. The van der Waals surface area contributed by atoms with Crippen molar-refractivity contribution in [3.63, 3.8) is 0 Å². The van der Waals surface area contributed by atoms with Gasteiger partial charge in [0.05, 0.1) is 5.39 Å². The van der Waals surface area contributed by atoms with Crippen LogP contribution in [0.1, 0.15) is 5.56 Å². The van der Waals surface area contributed by atoms with Crippen LogP contribution in [0.5, 0.6) is 0 Å². The second-order valence-corrected chi connectivity index (χ2v) is 3.08. The van der Waals surface area contributed by atoms with Crippen LogP contribution in [0.25, 0.3) is 10.9 Å². The topological polar surface area (TPSA) is 76.7 Å². The van der Waals surface area contributed by atoms with E-state index in [1.807, 2.05) is 20.2 Å². The zero-order valence-corrected chi connectivity index (χ0v) is 7.46. The molecule has 0 atom stereocenters. The van der Waals surface area contributed by atoms with Gasteiger partial charge in [-0.2, -0.15) is 5.10 Å². The van der Waals surface area contributed by atoms with Gasteiger partial charge in [-0.15, -0.1) is 0 Å². The molecule has 0 bridgehead atoms. The van der Waals surface area contributed by atoms with Gasteiger partial charge in [-0.05, 0) is 12.5 Å². The van der Waals surface area contributed by atoms with Crippen molar-refractivity contribution in [1.82, 2.24) is 14.8 Å². The number of hydrogen-bond acceptors (Lipinski definition) is 3. The molecule has 68 valence electrons. The van der Waals surface area contributed by atoms with E-state index in [2.05, 4.69) is 10.2 Å². The number of anilines is 1. The molecule has 0 aliphatic rings. The molecule has 5 nitrogen and oxygen atoms in total. The van der Waals surface area contributed by atoms with Gasteiger partial charge in [0.25, 0.3) is 5.56 Å². The van der Waals surface area contributed by atoms with Crippen LogP contribution in [0.4, 0.5) is 5.82 Å². The zero-order chi connectivity index (χ0) is 9.59. The lowest BCUT2D eigenvalue weighted by Crippen LogP contribution is -2.12. The van der Waals surface area contributed by atoms with Crippen LogP contribution in [0, 0.1) is 6.92 Å². The van der Waals surface area contributed by atoms with Gasteiger partial charge in [-0.25, -0.2) is 5.10 Å². The van der Waals surface area contributed by atoms with Gasteiger partial charge >= 0.3 is 0 Å². The Labute approximate surface area is 74.2 Å². The van der Waals surface area contributed by atoms with Gasteiger partial charge in [0.2, 0.25) is 0 Å². The van der Waals surface area contributed by atoms with Crippen molar-refractivity contribution < 1.29 is 0 Å². The third-order valence-corrected chi connectivity index (χ3v) is 2.12. The summed E-state index contributed by atoms with van der Waals surface area (Å²) in [4.78, 5) is 11.4. The summed E-state index contributed by atoms with van der Waals surface area (Å²) < 4.78 is 1.75. The first-order valence-electron chi connectivity index (χ1n) is 3.91. The maximum atomic E-state index is 11.4. The summed E-state index contributed by atoms with van der Waals surface area (Å²) in [5.74, 6) is 0.368. The molecule has 2 rings (SSSR count). The number of nitrogens with zero attached hydrogens (tertiary/aromatic N) is 2. The van der Waals surface area contributed by atoms with Crippen LogP contribution in [0.15, 0.2) is 11.0 Å². The van der Waals surface area contributed by atoms with E-state index < -0.39 is 0 Å². The Kier molecular flexibility index (Phi) is 1.42. The van der Waals surface area contributed by atoms with E-state index in [0.717, 1.165) is 10.9 Å². The normalized spacial score (nSPS) is 10.9. The van der Waals surface area contributed by atoms with Crippen LogP contribution >= 0.6 is 0 Å². The fourth-order valence-electron chi connectivity index (χ4n) is 1.60. The number of aromatic nitrogens is 3. The SMILES string of the molecule is Cc1cn(C)c2c(=O)[nH]nc(N)c12. The van der Waals surface area contributed by atoms with Crippen molar-refractivity contribution >= 4 is 16.7 Å². The number of rotatable bonds is 0. The Morgan fingerprint density at radius 2 is 2.31 bits per heavy atom. The molecule has 0 fully saturated rings. The highest BCUT2D eigenvalue weighted by Crippen LogP contribution is 2.19. The van der Waals surface area contributed by atoms with E-state index in [-0.39, 0.29) is 5.56 Å². The average molecular weight is 178 g/mol. The third kappa shape index (κ3) is 0.932. The van der Waals surface area contributed by atoms with Crippen LogP contribution in [-0.4, -0.2) is 14.8 Å². The molecule has 0 spiro atoms. The Balaban J connectivity index is 3.12. The van der Waals surface area contributed by atoms with Crippen molar-refractivity contribution in [1.29, 1.82) is 0 Å². The highest BCUT2D eigenvalue weighted by atomic mass is 16.1. The largest absolute Gasteiger partial charge is 0.382 e. The molecule has 5 heteroatoms. The minimum Gasteiger partial charge on any atom is -0.382 e. The first-order chi connectivity index (χ1) is 6.11. The number of H-pyrrole nitrogens is 1. The molecule has 2 aromatic rings. The van der Waals surface area contributed by atoms with Gasteiger partial charge in [0, 0.05) is 13.2 Å². The molecule has 13 heavy (non-hydrogen) atoms. The summed E-state index contributed by atoms with van der Waals surface area (Å²) in [5.41, 5.74) is 6.98. The molecule has 3 N–H and O–H groups in total. The van der Waals surface area contributed by atoms with Crippen molar-refractivity contribution in [3.05, 3.63) is 22.1 Å². The number of nitrogens with one attached hydrogen (secondary N) is 1. The summed E-state index contributed by atoms with van der Waals surface area (Å²) >= 11 is 0. The Hall–Kier alpha value is -1.78. The molecule has 0 unspecified atom stereocenters. The monoisotopic (exact) mass is 178 g/mol. The molecular weight excluding hydrogens is 168 g/mol. The summed E-state index contributed by atoms with van der Waals surface area (Å²) in [6.07, 6.45) is 1.86. The van der Waals surface area contributed by atoms with E-state index in [1.54, 1.807) is 4.57 Å². The van der Waals surface area contributed by atoms with Gasteiger partial charge in [-0.1, -0.05) is 0 Å². The van der Waals surface area contributed by atoms with Gasteiger partial charge < -0.3 is 10.3 Å². The van der Waals surface area contributed by atoms with E-state index >= 15 is 0 Å². The Bertz CT molecular complexity index is 523. The third-order valence-electron chi connectivity index (χ3n) is 2.12. The maximum absolute atomic E-state index is 11.4. The van der Waals surface area contributed by atoms with Crippen LogP contribution in [-0.2, 0) is 7.05 Å². The molecule has 0 saturated carbocycles. The molecule has 0 radical (unpaired) electrons. The van der Waals surface area contributed by atoms with Gasteiger partial charge in [-0.3, -0.25) is 4.79 Å². The number of fused-ring (bicyclic) bond motifs is 1. The lowest BCUT2D eigenvalue weighted by atomic mass is 10.2. The first kappa shape index (κ1) is 7.85. The summed E-state index contributed by atoms with van der Waals surface area (Å²) in [6.45, 7) is 1.90. The lowest BCUT2D eigenvalue weighted by molar-refractivity contribution is 0.935. The van der Waals surface area contributed by atoms with Crippen molar-refractivity contribution in [3.8, 4) is 0 Å². The Morgan fingerprint density at radius 1 is 1.62 bits per heavy atom. The second kappa shape index (κ2) is 2.35. The predicted octanol–water partition coefficient (Wildman–Crippen LogP) is 0.152. The molecule has 0 aliphatic heterocycles. The van der Waals surface area contributed by atoms with Crippen LogP contribution in [0.3, 0.4) is 0 Å². The van der Waals surface area contributed by atoms with Crippen molar-refractivity contribution in [2.45, 2.75) is 6.92 Å². The number of nitrogens with two attached hydrogens (primary N) is 1. The number of nitrogen functional groups attached to an aromatic ring is 1. The highest BCUT2D eigenvalue weighted by Gasteiger charge is 2.10. The fourth-order valence-corrected chi connectivity index (χ4v) is 1.60. The Morgan fingerprint density at radius 3 is 2.92 bits per heavy atom. The highest BCUT2D eigenvalue weighted by molar-refractivity contribution is 5.91. The molecule has 2 heterocycles. The standard InChI is InChI=1S/C8H10N4O/c1-4-3-12(2)6-5(4)7(9)10-11-8(6)13/h3H,1-2H3,(H2,9,10)(H,11,13). The fraction of sp³-hybridized carbons (Fsp3) is 0.250. The molecule has 0 aromatic carbocycles. The second-order valence-electron chi connectivity index (χ2n) is 3.08. The molecule has 0 amide bonds. The molecule has 0 saturated heterocycles. The summed E-state index contributed by atoms with van der Waals surface area (Å²) in [5, 5.41) is 6.80. The van der Waals surface area contributed by atoms with E-state index in [1.165, 1.54) is 0 Å². The minimum absolute atomic E-state index is 0.209. The number of aromatic amines is 1. The van der Waals surface area contributed by atoms with Gasteiger partial charge in [0.1, 0.15) is 5.52 Å². The van der Waals surface area contributed by atoms with Crippen LogP contribution in [0.2, 0.25) is 0 Å². The maximum Gasteiger partial charge on any atom is 0.288 e. The lowest BCUT2D eigenvalue weighted by Gasteiger charge is -1.96. The number of aryl methyl sites for hydroxylation is 2. The minimum atomic E-state index is -0.209. The summed E-state index contributed by atoms with van der Waals surface area (Å²) in [6, 6.07) is 0. The molecular formula is C8H10N4O. The smallest absolute Gasteiger partial charge is 0.288 e. The average Bonchev–Trinajstić information content (AvgIpc) is 2.36. The predicted molar refractivity (Wildman–Crippen MR) is 50.5 cm³/mol.